The first-order valence-electron chi connectivity index (χ1n) is 7.87. The summed E-state index contributed by atoms with van der Waals surface area (Å²) in [7, 11) is 4.88. The van der Waals surface area contributed by atoms with E-state index in [0.29, 0.717) is 0 Å². The summed E-state index contributed by atoms with van der Waals surface area (Å²) in [6.07, 6.45) is 2.30. The van der Waals surface area contributed by atoms with Crippen molar-refractivity contribution in [2.24, 2.45) is 0 Å². The van der Waals surface area contributed by atoms with Gasteiger partial charge < -0.3 is 23.7 Å². The molecule has 11 nitrogen and oxygen atoms in total. The fourth-order valence-electron chi connectivity index (χ4n) is 2.15. The van der Waals surface area contributed by atoms with Crippen LogP contribution in [0.15, 0.2) is 24.5 Å². The molecule has 2 aromatic rings. The minimum atomic E-state index is -1.26. The maximum Gasteiger partial charge on any atom is 0.365 e. The zero-order valence-electron chi connectivity index (χ0n) is 15.9. The summed E-state index contributed by atoms with van der Waals surface area (Å²) in [4.78, 5) is 56.2. The van der Waals surface area contributed by atoms with Crippen molar-refractivity contribution < 1.29 is 42.9 Å². The highest BCUT2D eigenvalue weighted by Gasteiger charge is 2.28. The third kappa shape index (κ3) is 4.64. The second kappa shape index (κ2) is 9.26. The van der Waals surface area contributed by atoms with Crippen LogP contribution in [0.25, 0.3) is 0 Å². The van der Waals surface area contributed by atoms with Crippen LogP contribution in [0.1, 0.15) is 41.7 Å². The molecule has 0 aliphatic carbocycles. The summed E-state index contributed by atoms with van der Waals surface area (Å²) < 4.78 is 23.8. The van der Waals surface area contributed by atoms with E-state index >= 15 is 0 Å². The highest BCUT2D eigenvalue weighted by atomic mass is 16.6. The van der Waals surface area contributed by atoms with E-state index in [2.05, 4.69) is 19.4 Å². The maximum absolute atomic E-state index is 12.4. The molecule has 2 rings (SSSR count). The quantitative estimate of drug-likeness (QED) is 0.388. The summed E-state index contributed by atoms with van der Waals surface area (Å²) in [5, 5.41) is 0. The van der Waals surface area contributed by atoms with Gasteiger partial charge in [0.15, 0.2) is 11.4 Å². The van der Waals surface area contributed by atoms with E-state index in [1.165, 1.54) is 26.4 Å². The second-order valence-electron chi connectivity index (χ2n) is 5.20. The Balaban J connectivity index is 2.38. The van der Waals surface area contributed by atoms with Gasteiger partial charge in [0.25, 0.3) is 0 Å². The van der Waals surface area contributed by atoms with Crippen molar-refractivity contribution in [3.8, 4) is 11.5 Å². The molecule has 0 spiro atoms. The lowest BCUT2D eigenvalue weighted by atomic mass is 10.1. The summed E-state index contributed by atoms with van der Waals surface area (Å²) in [5.74, 6) is -3.95. The minimum Gasteiger partial charge on any atom is -0.495 e. The molecule has 0 amide bonds. The monoisotopic (exact) mass is 404 g/mol. The number of nitrogens with zero attached hydrogens (tertiary/aromatic N) is 2. The Bertz CT molecular complexity index is 894. The van der Waals surface area contributed by atoms with Crippen molar-refractivity contribution in [1.29, 1.82) is 0 Å². The van der Waals surface area contributed by atoms with Gasteiger partial charge in [0.2, 0.25) is 0 Å². The number of aromatic nitrogens is 2. The highest BCUT2D eigenvalue weighted by molar-refractivity contribution is 6.09. The molecule has 0 aliphatic rings. The average molecular weight is 404 g/mol. The minimum absolute atomic E-state index is 0.179. The Hall–Kier alpha value is -4.02. The van der Waals surface area contributed by atoms with Crippen molar-refractivity contribution in [3.63, 3.8) is 0 Å². The Labute approximate surface area is 164 Å². The number of methoxy groups -OCH3 is 4. The largest absolute Gasteiger partial charge is 0.495 e. The van der Waals surface area contributed by atoms with Gasteiger partial charge in [0.05, 0.1) is 52.0 Å². The van der Waals surface area contributed by atoms with E-state index in [0.717, 1.165) is 26.6 Å². The summed E-state index contributed by atoms with van der Waals surface area (Å²) in [6, 6.07) is 2.40. The van der Waals surface area contributed by atoms with Gasteiger partial charge in [-0.25, -0.2) is 29.1 Å². The molecule has 0 unspecified atom stereocenters. The van der Waals surface area contributed by atoms with Crippen LogP contribution >= 0.6 is 0 Å². The molecule has 2 heterocycles. The zero-order chi connectivity index (χ0) is 21.6. The van der Waals surface area contributed by atoms with E-state index in [1.807, 2.05) is 0 Å². The predicted molar refractivity (Wildman–Crippen MR) is 94.0 cm³/mol. The lowest BCUT2D eigenvalue weighted by molar-refractivity contribution is 0.0373. The van der Waals surface area contributed by atoms with Crippen LogP contribution < -0.4 is 9.47 Å². The Morgan fingerprint density at radius 1 is 0.655 bits per heavy atom. The SMILES string of the molecule is COC(=O)c1cc(OC)cnc1C(=O)OC(=O)c1ncc(OC)cc1C(=O)OC. The number of esters is 4. The van der Waals surface area contributed by atoms with Crippen molar-refractivity contribution in [2.75, 3.05) is 28.4 Å². The van der Waals surface area contributed by atoms with Crippen LogP contribution in [0.3, 0.4) is 0 Å². The van der Waals surface area contributed by atoms with Crippen LogP contribution in [0.4, 0.5) is 0 Å². The Morgan fingerprint density at radius 3 is 1.34 bits per heavy atom. The van der Waals surface area contributed by atoms with E-state index in [1.54, 1.807) is 0 Å². The number of hydrogen-bond donors (Lipinski definition) is 0. The van der Waals surface area contributed by atoms with Gasteiger partial charge in [-0.15, -0.1) is 0 Å². The van der Waals surface area contributed by atoms with Gasteiger partial charge in [-0.1, -0.05) is 0 Å². The number of ether oxygens (including phenoxy) is 5. The Morgan fingerprint density at radius 2 is 1.03 bits per heavy atom. The topological polar surface area (TPSA) is 140 Å². The molecule has 152 valence electrons. The van der Waals surface area contributed by atoms with E-state index in [4.69, 9.17) is 14.2 Å². The van der Waals surface area contributed by atoms with Crippen LogP contribution in [0.2, 0.25) is 0 Å². The molecule has 0 aliphatic heterocycles. The van der Waals surface area contributed by atoms with Gasteiger partial charge in [-0.05, 0) is 12.1 Å². The number of pyridine rings is 2. The number of hydrogen-bond acceptors (Lipinski definition) is 11. The zero-order valence-corrected chi connectivity index (χ0v) is 15.9. The van der Waals surface area contributed by atoms with Gasteiger partial charge in [0.1, 0.15) is 11.5 Å². The van der Waals surface area contributed by atoms with E-state index in [-0.39, 0.29) is 22.6 Å². The van der Waals surface area contributed by atoms with Crippen molar-refractivity contribution in [3.05, 3.63) is 47.0 Å². The molecule has 0 saturated carbocycles. The normalized spacial score (nSPS) is 9.93. The van der Waals surface area contributed by atoms with Crippen molar-refractivity contribution in [2.45, 2.75) is 0 Å². The number of rotatable bonds is 6. The summed E-state index contributed by atoms with van der Waals surface area (Å²) in [6.45, 7) is 0. The molecule has 0 fully saturated rings. The van der Waals surface area contributed by atoms with Crippen molar-refractivity contribution in [1.82, 2.24) is 9.97 Å². The van der Waals surface area contributed by atoms with Gasteiger partial charge >= 0.3 is 23.9 Å². The molecule has 0 bridgehead atoms. The van der Waals surface area contributed by atoms with Gasteiger partial charge in [-0.2, -0.15) is 0 Å². The molecule has 0 radical (unpaired) electrons. The summed E-state index contributed by atoms with van der Waals surface area (Å²) >= 11 is 0. The molecule has 0 saturated heterocycles. The first-order chi connectivity index (χ1) is 13.9. The standard InChI is InChI=1S/C18H16N2O9/c1-25-9-5-11(15(21)27-3)13(19-7-9)17(23)29-18(24)14-12(16(22)28-4)6-10(26-2)8-20-14/h5-8H,1-4H3. The molecular weight excluding hydrogens is 388 g/mol. The highest BCUT2D eigenvalue weighted by Crippen LogP contribution is 2.20. The lowest BCUT2D eigenvalue weighted by Crippen LogP contribution is -2.21. The third-order valence-electron chi connectivity index (χ3n) is 3.58. The maximum atomic E-state index is 12.4. The Kier molecular flexibility index (Phi) is 6.80. The molecule has 11 heteroatoms. The fraction of sp³-hybridized carbons (Fsp3) is 0.222. The van der Waals surface area contributed by atoms with Gasteiger partial charge in [-0.3, -0.25) is 0 Å². The van der Waals surface area contributed by atoms with Crippen LogP contribution in [-0.2, 0) is 14.2 Å². The fourth-order valence-corrected chi connectivity index (χ4v) is 2.15. The smallest absolute Gasteiger partial charge is 0.365 e. The van der Waals surface area contributed by atoms with Crippen LogP contribution in [0, 0.1) is 0 Å². The first kappa shape index (κ1) is 21.3. The van der Waals surface area contributed by atoms with Crippen LogP contribution in [0.5, 0.6) is 11.5 Å². The predicted octanol–water partition coefficient (Wildman–Crippen LogP) is 1.06. The molecule has 0 atom stereocenters. The molecule has 29 heavy (non-hydrogen) atoms. The van der Waals surface area contributed by atoms with E-state index in [9.17, 15) is 19.2 Å². The third-order valence-corrected chi connectivity index (χ3v) is 3.58. The molecule has 0 aromatic carbocycles. The lowest BCUT2D eigenvalue weighted by Gasteiger charge is -2.10. The average Bonchev–Trinajstić information content (AvgIpc) is 2.76. The molecule has 0 N–H and O–H groups in total. The van der Waals surface area contributed by atoms with E-state index < -0.39 is 35.3 Å². The number of carbonyl (C=O) groups is 4. The second-order valence-corrected chi connectivity index (χ2v) is 5.20. The first-order valence-corrected chi connectivity index (χ1v) is 7.87. The van der Waals surface area contributed by atoms with Crippen LogP contribution in [-0.4, -0.2) is 62.3 Å². The number of carbonyl (C=O) groups excluding carboxylic acids is 4. The van der Waals surface area contributed by atoms with Gasteiger partial charge in [0, 0.05) is 0 Å². The van der Waals surface area contributed by atoms with Crippen molar-refractivity contribution >= 4 is 23.9 Å². The molecule has 2 aromatic heterocycles. The molecular formula is C18H16N2O9. The summed E-state index contributed by atoms with van der Waals surface area (Å²) in [5.41, 5.74) is -1.53.